The van der Waals surface area contributed by atoms with Gasteiger partial charge in [0.1, 0.15) is 0 Å². The Morgan fingerprint density at radius 2 is 2.15 bits per heavy atom. The van der Waals surface area contributed by atoms with Crippen LogP contribution < -0.4 is 5.73 Å². The molecule has 0 spiro atoms. The van der Waals surface area contributed by atoms with Crippen LogP contribution in [0.3, 0.4) is 0 Å². The van der Waals surface area contributed by atoms with Crippen molar-refractivity contribution in [1.82, 2.24) is 4.90 Å². The molecule has 2 atom stereocenters. The molecular formula is C17H28N2O. The van der Waals surface area contributed by atoms with E-state index in [1.807, 2.05) is 0 Å². The summed E-state index contributed by atoms with van der Waals surface area (Å²) in [7, 11) is 2.18. The number of hydrogen-bond acceptors (Lipinski definition) is 3. The van der Waals surface area contributed by atoms with E-state index < -0.39 is 0 Å². The molecule has 1 aromatic rings. The van der Waals surface area contributed by atoms with Crippen LogP contribution in [0.1, 0.15) is 35.6 Å². The fraction of sp³-hybridized carbons (Fsp3) is 0.647. The zero-order chi connectivity index (χ0) is 14.5. The Kier molecular flexibility index (Phi) is 5.58. The summed E-state index contributed by atoms with van der Waals surface area (Å²) in [5.41, 5.74) is 10.0. The summed E-state index contributed by atoms with van der Waals surface area (Å²) in [6.45, 7) is 7.87. The first kappa shape index (κ1) is 15.5. The molecule has 0 saturated carbocycles. The topological polar surface area (TPSA) is 38.5 Å². The smallest absolute Gasteiger partial charge is 0.0506 e. The minimum atomic E-state index is 0.302. The first-order valence-electron chi connectivity index (χ1n) is 7.67. The van der Waals surface area contributed by atoms with Gasteiger partial charge < -0.3 is 10.5 Å². The van der Waals surface area contributed by atoms with Gasteiger partial charge in [0, 0.05) is 25.7 Å². The van der Waals surface area contributed by atoms with Crippen molar-refractivity contribution in [3.05, 3.63) is 34.9 Å². The van der Waals surface area contributed by atoms with Gasteiger partial charge in [-0.3, -0.25) is 4.90 Å². The monoisotopic (exact) mass is 276 g/mol. The Bertz CT molecular complexity index is 427. The maximum absolute atomic E-state index is 6.03. The molecule has 2 unspecified atom stereocenters. The standard InChI is InChI=1S/C17H28N2O/c1-13-6-7-16(9-14(13)2)17(10-18)19(3)11-15-5-4-8-20-12-15/h6-7,9,15,17H,4-5,8,10-12,18H2,1-3H3. The molecule has 0 radical (unpaired) electrons. The summed E-state index contributed by atoms with van der Waals surface area (Å²) in [5.74, 6) is 0.648. The summed E-state index contributed by atoms with van der Waals surface area (Å²) in [4.78, 5) is 2.39. The van der Waals surface area contributed by atoms with Crippen LogP contribution in [0.25, 0.3) is 0 Å². The Hall–Kier alpha value is -0.900. The molecule has 3 heteroatoms. The van der Waals surface area contributed by atoms with Gasteiger partial charge in [-0.25, -0.2) is 0 Å². The van der Waals surface area contributed by atoms with Crippen LogP contribution in [0.5, 0.6) is 0 Å². The van der Waals surface area contributed by atoms with Crippen LogP contribution in [0, 0.1) is 19.8 Å². The highest BCUT2D eigenvalue weighted by Crippen LogP contribution is 2.24. The number of hydrogen-bond donors (Lipinski definition) is 1. The summed E-state index contributed by atoms with van der Waals surface area (Å²) < 4.78 is 5.58. The van der Waals surface area contributed by atoms with Crippen LogP contribution in [0.2, 0.25) is 0 Å². The SMILES string of the molecule is Cc1ccc(C(CN)N(C)CC2CCCOC2)cc1C. The number of aryl methyl sites for hydroxylation is 2. The fourth-order valence-electron chi connectivity index (χ4n) is 3.03. The van der Waals surface area contributed by atoms with Crippen LogP contribution in [-0.4, -0.2) is 38.3 Å². The highest BCUT2D eigenvalue weighted by molar-refractivity contribution is 5.31. The van der Waals surface area contributed by atoms with E-state index in [4.69, 9.17) is 10.5 Å². The van der Waals surface area contributed by atoms with Crippen molar-refractivity contribution in [1.29, 1.82) is 0 Å². The lowest BCUT2D eigenvalue weighted by atomic mass is 9.97. The van der Waals surface area contributed by atoms with E-state index in [2.05, 4.69) is 44.0 Å². The fourth-order valence-corrected chi connectivity index (χ4v) is 3.03. The minimum Gasteiger partial charge on any atom is -0.381 e. The second-order valence-electron chi connectivity index (χ2n) is 6.12. The molecule has 1 aliphatic rings. The maximum atomic E-state index is 6.03. The highest BCUT2D eigenvalue weighted by atomic mass is 16.5. The molecule has 0 aromatic heterocycles. The lowest BCUT2D eigenvalue weighted by molar-refractivity contribution is 0.0365. The van der Waals surface area contributed by atoms with Crippen molar-refractivity contribution in [3.8, 4) is 0 Å². The molecule has 2 rings (SSSR count). The molecule has 2 N–H and O–H groups in total. The van der Waals surface area contributed by atoms with Crippen molar-refractivity contribution >= 4 is 0 Å². The summed E-state index contributed by atoms with van der Waals surface area (Å²) in [6.07, 6.45) is 2.46. The van der Waals surface area contributed by atoms with E-state index in [0.717, 1.165) is 19.8 Å². The van der Waals surface area contributed by atoms with Crippen molar-refractivity contribution in [3.63, 3.8) is 0 Å². The average Bonchev–Trinajstić information content (AvgIpc) is 2.44. The molecule has 1 heterocycles. The number of nitrogens with two attached hydrogens (primary N) is 1. The van der Waals surface area contributed by atoms with Gasteiger partial charge in [0.2, 0.25) is 0 Å². The van der Waals surface area contributed by atoms with Crippen LogP contribution in [0.4, 0.5) is 0 Å². The predicted molar refractivity (Wildman–Crippen MR) is 83.9 cm³/mol. The van der Waals surface area contributed by atoms with Gasteiger partial charge in [0.15, 0.2) is 0 Å². The second-order valence-corrected chi connectivity index (χ2v) is 6.12. The number of ether oxygens (including phenoxy) is 1. The summed E-state index contributed by atoms with van der Waals surface area (Å²) >= 11 is 0. The number of benzene rings is 1. The third-order valence-corrected chi connectivity index (χ3v) is 4.47. The van der Waals surface area contributed by atoms with Gasteiger partial charge in [-0.2, -0.15) is 0 Å². The van der Waals surface area contributed by atoms with Gasteiger partial charge in [-0.05, 0) is 56.3 Å². The molecular weight excluding hydrogens is 248 g/mol. The molecule has 3 nitrogen and oxygen atoms in total. The molecule has 20 heavy (non-hydrogen) atoms. The predicted octanol–water partition coefficient (Wildman–Crippen LogP) is 2.66. The van der Waals surface area contributed by atoms with E-state index in [1.54, 1.807) is 0 Å². The van der Waals surface area contributed by atoms with E-state index >= 15 is 0 Å². The zero-order valence-corrected chi connectivity index (χ0v) is 13.1. The molecule has 0 amide bonds. The summed E-state index contributed by atoms with van der Waals surface area (Å²) in [6, 6.07) is 7.00. The summed E-state index contributed by atoms with van der Waals surface area (Å²) in [5, 5.41) is 0. The van der Waals surface area contributed by atoms with Gasteiger partial charge in [0.25, 0.3) is 0 Å². The van der Waals surface area contributed by atoms with Gasteiger partial charge in [-0.1, -0.05) is 18.2 Å². The lowest BCUT2D eigenvalue weighted by Gasteiger charge is -2.32. The molecule has 1 aliphatic heterocycles. The third kappa shape index (κ3) is 3.81. The van der Waals surface area contributed by atoms with E-state index in [-0.39, 0.29) is 0 Å². The minimum absolute atomic E-state index is 0.302. The average molecular weight is 276 g/mol. The van der Waals surface area contributed by atoms with Gasteiger partial charge >= 0.3 is 0 Å². The largest absolute Gasteiger partial charge is 0.381 e. The molecule has 0 aliphatic carbocycles. The normalized spacial score (nSPS) is 21.1. The molecule has 0 bridgehead atoms. The maximum Gasteiger partial charge on any atom is 0.0506 e. The molecule has 1 fully saturated rings. The van der Waals surface area contributed by atoms with Crippen molar-refractivity contribution in [2.45, 2.75) is 32.7 Å². The lowest BCUT2D eigenvalue weighted by Crippen LogP contribution is -2.36. The Labute approximate surface area is 123 Å². The van der Waals surface area contributed by atoms with Gasteiger partial charge in [-0.15, -0.1) is 0 Å². The van der Waals surface area contributed by atoms with Crippen molar-refractivity contribution in [2.75, 3.05) is 33.4 Å². The van der Waals surface area contributed by atoms with Crippen LogP contribution >= 0.6 is 0 Å². The van der Waals surface area contributed by atoms with Crippen molar-refractivity contribution in [2.24, 2.45) is 11.7 Å². The second kappa shape index (κ2) is 7.21. The van der Waals surface area contributed by atoms with E-state index in [9.17, 15) is 0 Å². The number of nitrogens with zero attached hydrogens (tertiary/aromatic N) is 1. The van der Waals surface area contributed by atoms with E-state index in [0.29, 0.717) is 18.5 Å². The first-order chi connectivity index (χ1) is 9.61. The van der Waals surface area contributed by atoms with Crippen LogP contribution in [0.15, 0.2) is 18.2 Å². The highest BCUT2D eigenvalue weighted by Gasteiger charge is 2.21. The zero-order valence-electron chi connectivity index (χ0n) is 13.1. The molecule has 112 valence electrons. The number of rotatable bonds is 5. The molecule has 1 aromatic carbocycles. The third-order valence-electron chi connectivity index (χ3n) is 4.47. The Morgan fingerprint density at radius 1 is 1.35 bits per heavy atom. The Morgan fingerprint density at radius 3 is 2.75 bits per heavy atom. The van der Waals surface area contributed by atoms with Crippen molar-refractivity contribution < 1.29 is 4.74 Å². The molecule has 1 saturated heterocycles. The quantitative estimate of drug-likeness (QED) is 0.898. The number of likely N-dealkylation sites (N-methyl/N-ethyl adjacent to an activating group) is 1. The Balaban J connectivity index is 2.03. The van der Waals surface area contributed by atoms with E-state index in [1.165, 1.54) is 29.5 Å². The van der Waals surface area contributed by atoms with Gasteiger partial charge in [0.05, 0.1) is 6.61 Å². The van der Waals surface area contributed by atoms with Crippen LogP contribution in [-0.2, 0) is 4.74 Å². The first-order valence-corrected chi connectivity index (χ1v) is 7.67.